The van der Waals surface area contributed by atoms with E-state index in [1.54, 1.807) is 19.1 Å². The van der Waals surface area contributed by atoms with Gasteiger partial charge >= 0.3 is 6.18 Å². The van der Waals surface area contributed by atoms with Gasteiger partial charge in [0.05, 0.1) is 5.70 Å². The normalized spacial score (nSPS) is 18.3. The smallest absolute Gasteiger partial charge is 0.425 e. The number of aromatic nitrogens is 1. The Morgan fingerprint density at radius 1 is 1.33 bits per heavy atom. The van der Waals surface area contributed by atoms with Gasteiger partial charge in [-0.05, 0) is 37.6 Å². The summed E-state index contributed by atoms with van der Waals surface area (Å²) in [7, 11) is 0. The molecule has 1 atom stereocenters. The van der Waals surface area contributed by atoms with Crippen molar-refractivity contribution in [2.45, 2.75) is 26.1 Å². The lowest BCUT2D eigenvalue weighted by Crippen LogP contribution is -2.31. The lowest BCUT2D eigenvalue weighted by Gasteiger charge is -2.25. The average molecular weight is 344 g/mol. The Kier molecular flexibility index (Phi) is 4.83. The summed E-state index contributed by atoms with van der Waals surface area (Å²) in [6.07, 6.45) is -1.01. The molecule has 0 aliphatic carbocycles. The van der Waals surface area contributed by atoms with Crippen LogP contribution < -0.4 is 16.3 Å². The third kappa shape index (κ3) is 3.67. The molecular weight excluding hydrogens is 328 g/mol. The van der Waals surface area contributed by atoms with Gasteiger partial charge in [-0.25, -0.2) is 15.2 Å². The van der Waals surface area contributed by atoms with E-state index in [1.165, 1.54) is 17.4 Å². The number of nitrogens with two attached hydrogens (primary N) is 2. The van der Waals surface area contributed by atoms with Crippen molar-refractivity contribution < 1.29 is 22.3 Å². The molecule has 1 aromatic heterocycles. The summed E-state index contributed by atoms with van der Waals surface area (Å²) in [6.45, 7) is 2.50. The average Bonchev–Trinajstić information content (AvgIpc) is 2.50. The molecule has 9 heteroatoms. The predicted octanol–water partition coefficient (Wildman–Crippen LogP) is 2.83. The zero-order chi connectivity index (χ0) is 18.1. The molecule has 1 aliphatic rings. The molecule has 0 bridgehead atoms. The van der Waals surface area contributed by atoms with E-state index >= 15 is 0 Å². The van der Waals surface area contributed by atoms with E-state index in [0.717, 1.165) is 13.0 Å². The fourth-order valence-corrected chi connectivity index (χ4v) is 1.97. The summed E-state index contributed by atoms with van der Waals surface area (Å²) in [5.74, 6) is 4.07. The van der Waals surface area contributed by atoms with Crippen LogP contribution >= 0.6 is 0 Å². The minimum absolute atomic E-state index is 0.353. The summed E-state index contributed by atoms with van der Waals surface area (Å²) < 4.78 is 56.0. The maximum Gasteiger partial charge on any atom is 0.425 e. The van der Waals surface area contributed by atoms with Crippen LogP contribution in [0.4, 0.5) is 17.6 Å². The van der Waals surface area contributed by atoms with Crippen molar-refractivity contribution in [3.05, 3.63) is 53.4 Å². The highest BCUT2D eigenvalue weighted by atomic mass is 19.4. The largest absolute Gasteiger partial charge is 0.463 e. The number of nitrogens with zero attached hydrogens (tertiary/aromatic N) is 2. The molecule has 4 N–H and O–H groups in total. The minimum Gasteiger partial charge on any atom is -0.463 e. The van der Waals surface area contributed by atoms with Gasteiger partial charge in [-0.15, -0.1) is 0 Å². The van der Waals surface area contributed by atoms with Crippen molar-refractivity contribution in [2.75, 3.05) is 0 Å². The van der Waals surface area contributed by atoms with E-state index in [-0.39, 0.29) is 0 Å². The molecule has 2 rings (SSSR count). The first-order valence-electron chi connectivity index (χ1n) is 6.89. The minimum atomic E-state index is -4.61. The van der Waals surface area contributed by atoms with E-state index < -0.39 is 24.0 Å². The third-order valence-electron chi connectivity index (χ3n) is 3.39. The van der Waals surface area contributed by atoms with Gasteiger partial charge in [-0.2, -0.15) is 13.2 Å². The van der Waals surface area contributed by atoms with E-state index in [9.17, 15) is 17.6 Å². The summed E-state index contributed by atoms with van der Waals surface area (Å²) in [6, 6.07) is 1.04. The van der Waals surface area contributed by atoms with Crippen LogP contribution in [-0.2, 0) is 0 Å². The fraction of sp³-hybridized carbons (Fsp3) is 0.267. The quantitative estimate of drug-likeness (QED) is 0.651. The molecular formula is C15H16F4N4O. The second-order valence-electron chi connectivity index (χ2n) is 5.16. The number of rotatable bonds is 3. The van der Waals surface area contributed by atoms with Gasteiger partial charge in [-0.3, -0.25) is 5.01 Å². The van der Waals surface area contributed by atoms with Crippen LogP contribution in [0, 0.1) is 5.82 Å². The summed E-state index contributed by atoms with van der Waals surface area (Å²) in [5, 5.41) is 1.34. The summed E-state index contributed by atoms with van der Waals surface area (Å²) in [5.41, 5.74) is 7.52. The highest BCUT2D eigenvalue weighted by Gasteiger charge is 2.38. The lowest BCUT2D eigenvalue weighted by molar-refractivity contribution is -0.190. The Morgan fingerprint density at radius 2 is 2.00 bits per heavy atom. The Labute approximate surface area is 135 Å². The SMILES string of the molecule is CC1=CC(c2cnc(OC(C)C(F)(F)F)c(F)c2)=C/C(=C/N)N1N. The topological polar surface area (TPSA) is 77.4 Å². The second kappa shape index (κ2) is 6.52. The molecule has 0 saturated heterocycles. The Bertz CT molecular complexity index is 725. The van der Waals surface area contributed by atoms with Gasteiger partial charge in [0.1, 0.15) is 0 Å². The van der Waals surface area contributed by atoms with Crippen molar-refractivity contribution in [1.29, 1.82) is 0 Å². The maximum atomic E-state index is 14.0. The molecule has 0 amide bonds. The number of allylic oxidation sites excluding steroid dienone is 4. The molecule has 24 heavy (non-hydrogen) atoms. The van der Waals surface area contributed by atoms with Crippen LogP contribution in [0.15, 0.2) is 42.0 Å². The van der Waals surface area contributed by atoms with Gasteiger partial charge in [0.2, 0.25) is 0 Å². The Balaban J connectivity index is 2.30. The van der Waals surface area contributed by atoms with Crippen LogP contribution in [0.2, 0.25) is 0 Å². The number of hydrogen-bond donors (Lipinski definition) is 2. The first-order chi connectivity index (χ1) is 11.1. The van der Waals surface area contributed by atoms with Crippen LogP contribution in [0.5, 0.6) is 5.88 Å². The highest BCUT2D eigenvalue weighted by Crippen LogP contribution is 2.29. The molecule has 130 valence electrons. The third-order valence-corrected chi connectivity index (χ3v) is 3.39. The Morgan fingerprint density at radius 3 is 2.54 bits per heavy atom. The molecule has 1 aromatic rings. The number of pyridine rings is 1. The summed E-state index contributed by atoms with van der Waals surface area (Å²) >= 11 is 0. The molecule has 0 radical (unpaired) electrons. The lowest BCUT2D eigenvalue weighted by atomic mass is 10.0. The van der Waals surface area contributed by atoms with Crippen molar-refractivity contribution in [2.24, 2.45) is 11.6 Å². The van der Waals surface area contributed by atoms with Crippen LogP contribution in [0.1, 0.15) is 19.4 Å². The standard InChI is InChI=1S/C15H16F4N4O/c1-8-3-10(4-12(6-20)23(8)21)11-5-13(16)14(22-7-11)24-9(2)15(17,18)19/h3-7,9H,20-21H2,1-2H3/b12-6-. The maximum absolute atomic E-state index is 14.0. The van der Waals surface area contributed by atoms with Crippen molar-refractivity contribution in [3.63, 3.8) is 0 Å². The zero-order valence-electron chi connectivity index (χ0n) is 12.9. The van der Waals surface area contributed by atoms with E-state index in [0.29, 0.717) is 22.5 Å². The monoisotopic (exact) mass is 344 g/mol. The van der Waals surface area contributed by atoms with Gasteiger partial charge in [-0.1, -0.05) is 0 Å². The predicted molar refractivity (Wildman–Crippen MR) is 80.4 cm³/mol. The molecule has 1 unspecified atom stereocenters. The van der Waals surface area contributed by atoms with Gasteiger partial charge in [0.15, 0.2) is 11.9 Å². The Hall–Kier alpha value is -2.55. The first-order valence-corrected chi connectivity index (χ1v) is 6.89. The number of hydrazine groups is 1. The van der Waals surface area contributed by atoms with Crippen molar-refractivity contribution in [1.82, 2.24) is 9.99 Å². The van der Waals surface area contributed by atoms with Crippen molar-refractivity contribution >= 4 is 5.57 Å². The van der Waals surface area contributed by atoms with Crippen LogP contribution in [0.3, 0.4) is 0 Å². The van der Waals surface area contributed by atoms with Crippen molar-refractivity contribution in [3.8, 4) is 5.88 Å². The fourth-order valence-electron chi connectivity index (χ4n) is 1.97. The number of alkyl halides is 3. The molecule has 0 spiro atoms. The van der Waals surface area contributed by atoms with Gasteiger partial charge in [0, 0.05) is 23.7 Å². The van der Waals surface area contributed by atoms with E-state index in [4.69, 9.17) is 11.6 Å². The first kappa shape index (κ1) is 17.8. The molecule has 5 nitrogen and oxygen atoms in total. The molecule has 0 fully saturated rings. The molecule has 0 saturated carbocycles. The highest BCUT2D eigenvalue weighted by molar-refractivity contribution is 5.77. The molecule has 1 aliphatic heterocycles. The number of ether oxygens (including phenoxy) is 1. The summed E-state index contributed by atoms with van der Waals surface area (Å²) in [4.78, 5) is 3.64. The molecule has 2 heterocycles. The second-order valence-corrected chi connectivity index (χ2v) is 5.16. The van der Waals surface area contributed by atoms with Crippen LogP contribution in [-0.4, -0.2) is 22.3 Å². The van der Waals surface area contributed by atoms with E-state index in [1.807, 2.05) is 0 Å². The molecule has 0 aromatic carbocycles. The van der Waals surface area contributed by atoms with Crippen LogP contribution in [0.25, 0.3) is 5.57 Å². The zero-order valence-corrected chi connectivity index (χ0v) is 12.9. The van der Waals surface area contributed by atoms with Gasteiger partial charge < -0.3 is 10.5 Å². The van der Waals surface area contributed by atoms with Gasteiger partial charge in [0.25, 0.3) is 5.88 Å². The number of hydrogen-bond acceptors (Lipinski definition) is 5. The van der Waals surface area contributed by atoms with E-state index in [2.05, 4.69) is 9.72 Å². The number of halogens is 4.